The molecule has 12 atom stereocenters. The molecule has 1 amide bonds. The first-order valence-corrected chi connectivity index (χ1v) is 31.0. The summed E-state index contributed by atoms with van der Waals surface area (Å²) in [5, 5.41) is 87.3. The van der Waals surface area contributed by atoms with Crippen molar-refractivity contribution in [3.05, 3.63) is 97.2 Å². The van der Waals surface area contributed by atoms with Crippen LogP contribution >= 0.6 is 0 Å². The Bertz CT molecular complexity index is 1690. The zero-order valence-electron chi connectivity index (χ0n) is 48.8. The summed E-state index contributed by atoms with van der Waals surface area (Å²) in [5.74, 6) is -0.235. The van der Waals surface area contributed by atoms with E-state index in [-0.39, 0.29) is 18.9 Å². The van der Waals surface area contributed by atoms with E-state index >= 15 is 0 Å². The number of nitrogens with one attached hydrogen (secondary N) is 1. The van der Waals surface area contributed by atoms with Gasteiger partial charge in [-0.3, -0.25) is 4.79 Å². The highest BCUT2D eigenvalue weighted by Gasteiger charge is 2.51. The minimum absolute atomic E-state index is 0.235. The summed E-state index contributed by atoms with van der Waals surface area (Å²) < 4.78 is 22.8. The number of carbonyl (C=O) groups excluding carboxylic acids is 1. The van der Waals surface area contributed by atoms with Crippen molar-refractivity contribution >= 4 is 5.91 Å². The minimum atomic E-state index is -1.79. The average Bonchev–Trinajstić information content (AvgIpc) is 3.48. The average molecular weight is 1110 g/mol. The molecule has 79 heavy (non-hydrogen) atoms. The van der Waals surface area contributed by atoms with Gasteiger partial charge in [0.1, 0.15) is 48.8 Å². The maximum Gasteiger partial charge on any atom is 0.220 e. The summed E-state index contributed by atoms with van der Waals surface area (Å²) in [6.45, 7) is 2.72. The van der Waals surface area contributed by atoms with Gasteiger partial charge in [0.15, 0.2) is 12.6 Å². The third-order valence-electron chi connectivity index (χ3n) is 14.6. The Labute approximate surface area is 477 Å². The Balaban J connectivity index is 1.74. The van der Waals surface area contributed by atoms with Crippen LogP contribution in [-0.4, -0.2) is 140 Å². The largest absolute Gasteiger partial charge is 0.394 e. The molecule has 0 aromatic heterocycles. The topological polar surface area (TPSA) is 228 Å². The van der Waals surface area contributed by atoms with Crippen molar-refractivity contribution in [2.24, 2.45) is 0 Å². The van der Waals surface area contributed by atoms with E-state index in [4.69, 9.17) is 18.9 Å². The van der Waals surface area contributed by atoms with Gasteiger partial charge in [-0.1, -0.05) is 227 Å². The molecule has 0 aromatic rings. The van der Waals surface area contributed by atoms with E-state index in [1.165, 1.54) is 77.0 Å². The fourth-order valence-electron chi connectivity index (χ4n) is 9.61. The first kappa shape index (κ1) is 72.0. The van der Waals surface area contributed by atoms with Crippen LogP contribution in [0, 0.1) is 0 Å². The second-order valence-electron chi connectivity index (χ2n) is 21.5. The van der Waals surface area contributed by atoms with E-state index in [9.17, 15) is 45.6 Å². The van der Waals surface area contributed by atoms with Gasteiger partial charge >= 0.3 is 0 Å². The smallest absolute Gasteiger partial charge is 0.220 e. The maximum absolute atomic E-state index is 13.3. The summed E-state index contributed by atoms with van der Waals surface area (Å²) in [4.78, 5) is 13.3. The van der Waals surface area contributed by atoms with Gasteiger partial charge in [0, 0.05) is 6.42 Å². The Morgan fingerprint density at radius 1 is 0.468 bits per heavy atom. The van der Waals surface area contributed by atoms with Crippen LogP contribution in [0.1, 0.15) is 213 Å². The molecule has 0 bridgehead atoms. The minimum Gasteiger partial charge on any atom is -0.394 e. The molecule has 454 valence electrons. The van der Waals surface area contributed by atoms with E-state index in [1.807, 2.05) is 0 Å². The van der Waals surface area contributed by atoms with Crippen molar-refractivity contribution < 1.29 is 64.6 Å². The van der Waals surface area contributed by atoms with Crippen molar-refractivity contribution in [1.29, 1.82) is 0 Å². The van der Waals surface area contributed by atoms with Crippen LogP contribution in [-0.2, 0) is 23.7 Å². The molecule has 2 rings (SSSR count). The van der Waals surface area contributed by atoms with E-state index in [0.717, 1.165) is 103 Å². The number of rotatable bonds is 48. The van der Waals surface area contributed by atoms with Crippen LogP contribution in [0.3, 0.4) is 0 Å². The van der Waals surface area contributed by atoms with Gasteiger partial charge in [-0.2, -0.15) is 0 Å². The molecule has 2 heterocycles. The predicted octanol–water partition coefficient (Wildman–Crippen LogP) is 11.1. The summed E-state index contributed by atoms with van der Waals surface area (Å²) in [6, 6.07) is -0.850. The van der Waals surface area contributed by atoms with Crippen molar-refractivity contribution in [2.75, 3.05) is 19.8 Å². The van der Waals surface area contributed by atoms with E-state index in [2.05, 4.69) is 116 Å². The first-order chi connectivity index (χ1) is 38.6. The molecule has 12 unspecified atom stereocenters. The zero-order valence-corrected chi connectivity index (χ0v) is 48.8. The van der Waals surface area contributed by atoms with Crippen molar-refractivity contribution in [3.8, 4) is 0 Å². The van der Waals surface area contributed by atoms with Gasteiger partial charge in [0.2, 0.25) is 5.91 Å². The molecular formula is C65H111NO13. The van der Waals surface area contributed by atoms with Gasteiger partial charge in [0.25, 0.3) is 0 Å². The molecule has 2 fully saturated rings. The highest BCUT2D eigenvalue weighted by Crippen LogP contribution is 2.30. The highest BCUT2D eigenvalue weighted by atomic mass is 16.7. The number of carbonyl (C=O) groups is 1. The molecule has 2 aliphatic heterocycles. The van der Waals surface area contributed by atoms with Gasteiger partial charge in [0.05, 0.1) is 32.0 Å². The second kappa shape index (κ2) is 49.5. The van der Waals surface area contributed by atoms with Gasteiger partial charge in [-0.25, -0.2) is 0 Å². The standard InChI is InChI=1S/C65H111NO13/c1-3-5-7-9-11-13-15-17-19-21-22-23-24-25-26-27-28-29-30-31-32-33-35-37-39-41-43-45-47-49-57(70)66-53(54(69)48-46-44-42-40-38-36-34-20-18-16-14-12-10-8-6-4-2)52-76-64-62(75)60(73)63(56(51-68)78-64)79-65-61(74)59(72)58(71)55(50-67)77-65/h5,7,11,13,17,19,22-23,25-26,28-29,31-32,35,37,53-56,58-65,67-69,71-75H,3-4,6,8-10,12,14-16,18,20-21,24,27,30,33-34,36,38-52H2,1-2H3,(H,66,70)/b7-5-,13-11-,19-17-,23-22-,26-25-,29-28-,32-31-,37-35-. The fraction of sp³-hybridized carbons (Fsp3) is 0.738. The molecule has 14 nitrogen and oxygen atoms in total. The maximum atomic E-state index is 13.3. The molecule has 14 heteroatoms. The summed E-state index contributed by atoms with van der Waals surface area (Å²) in [6.07, 6.45) is 51.1. The number of ether oxygens (including phenoxy) is 4. The Hall–Kier alpha value is -3.09. The predicted molar refractivity (Wildman–Crippen MR) is 318 cm³/mol. The number of unbranched alkanes of at least 4 members (excludes halogenated alkanes) is 19. The number of hydrogen-bond acceptors (Lipinski definition) is 13. The van der Waals surface area contributed by atoms with Crippen LogP contribution in [0.15, 0.2) is 97.2 Å². The van der Waals surface area contributed by atoms with E-state index in [1.54, 1.807) is 0 Å². The summed E-state index contributed by atoms with van der Waals surface area (Å²) in [7, 11) is 0. The lowest BCUT2D eigenvalue weighted by molar-refractivity contribution is -0.359. The Morgan fingerprint density at radius 3 is 1.34 bits per heavy atom. The third-order valence-corrected chi connectivity index (χ3v) is 14.6. The molecule has 9 N–H and O–H groups in total. The third kappa shape index (κ3) is 34.8. The number of aliphatic hydroxyl groups excluding tert-OH is 8. The number of amides is 1. The molecule has 0 aromatic carbocycles. The van der Waals surface area contributed by atoms with Crippen LogP contribution < -0.4 is 5.32 Å². The Morgan fingerprint density at radius 2 is 0.873 bits per heavy atom. The SMILES string of the molecule is CC/C=C\C/C=C\C/C=C\C/C=C\C/C=C\C/C=C\C/C=C\C/C=C\CCCCCCC(=O)NC(COC1OC(CO)C(OC2OC(CO)C(O)C(O)C2O)C(O)C1O)C(O)CCCCCCCCCCCCCCCCCC. The summed E-state index contributed by atoms with van der Waals surface area (Å²) >= 11 is 0. The molecule has 0 saturated carbocycles. The fourth-order valence-corrected chi connectivity index (χ4v) is 9.61. The number of aliphatic hydroxyl groups is 8. The van der Waals surface area contributed by atoms with Crippen LogP contribution in [0.5, 0.6) is 0 Å². The van der Waals surface area contributed by atoms with Gasteiger partial charge in [-0.05, 0) is 77.0 Å². The second-order valence-corrected chi connectivity index (χ2v) is 21.5. The zero-order chi connectivity index (χ0) is 57.4. The molecule has 0 spiro atoms. The molecule has 0 radical (unpaired) electrons. The van der Waals surface area contributed by atoms with Crippen molar-refractivity contribution in [1.82, 2.24) is 5.32 Å². The van der Waals surface area contributed by atoms with Crippen molar-refractivity contribution in [3.63, 3.8) is 0 Å². The highest BCUT2D eigenvalue weighted by molar-refractivity contribution is 5.76. The van der Waals surface area contributed by atoms with Crippen LogP contribution in [0.2, 0.25) is 0 Å². The molecule has 0 aliphatic carbocycles. The van der Waals surface area contributed by atoms with E-state index < -0.39 is 86.8 Å². The lowest BCUT2D eigenvalue weighted by Gasteiger charge is -2.46. The first-order valence-electron chi connectivity index (χ1n) is 31.0. The molecular weight excluding hydrogens is 1000 g/mol. The number of hydrogen-bond donors (Lipinski definition) is 9. The van der Waals surface area contributed by atoms with Crippen molar-refractivity contribution in [2.45, 2.75) is 286 Å². The van der Waals surface area contributed by atoms with E-state index in [0.29, 0.717) is 12.8 Å². The monoisotopic (exact) mass is 1110 g/mol. The Kier molecular flexibility index (Phi) is 45.1. The molecule has 2 saturated heterocycles. The lowest BCUT2D eigenvalue weighted by atomic mass is 9.97. The molecule has 2 aliphatic rings. The van der Waals surface area contributed by atoms with Gasteiger partial charge < -0.3 is 65.1 Å². The van der Waals surface area contributed by atoms with Crippen LogP contribution in [0.4, 0.5) is 0 Å². The lowest BCUT2D eigenvalue weighted by Crippen LogP contribution is -2.65. The quantitative estimate of drug-likeness (QED) is 0.0204. The normalized spacial score (nSPS) is 25.1. The van der Waals surface area contributed by atoms with Crippen LogP contribution in [0.25, 0.3) is 0 Å². The van der Waals surface area contributed by atoms with Gasteiger partial charge in [-0.15, -0.1) is 0 Å². The summed E-state index contributed by atoms with van der Waals surface area (Å²) in [5.41, 5.74) is 0. The number of allylic oxidation sites excluding steroid dienone is 16.